The number of para-hydroxylation sites is 1. The molecule has 34 heavy (non-hydrogen) atoms. The Morgan fingerprint density at radius 1 is 1.03 bits per heavy atom. The Labute approximate surface area is 202 Å². The highest BCUT2D eigenvalue weighted by molar-refractivity contribution is 8.00. The van der Waals surface area contributed by atoms with Gasteiger partial charge in [0.1, 0.15) is 11.4 Å². The van der Waals surface area contributed by atoms with Crippen molar-refractivity contribution in [1.29, 1.82) is 0 Å². The lowest BCUT2D eigenvalue weighted by atomic mass is 10.3. The van der Waals surface area contributed by atoms with Crippen LogP contribution in [0.15, 0.2) is 77.0 Å². The van der Waals surface area contributed by atoms with E-state index in [1.165, 1.54) is 34.5 Å². The largest absolute Gasteiger partial charge is 0.325 e. The van der Waals surface area contributed by atoms with Gasteiger partial charge >= 0.3 is 0 Å². The molecule has 4 rings (SSSR count). The van der Waals surface area contributed by atoms with E-state index in [4.69, 9.17) is 0 Å². The van der Waals surface area contributed by atoms with Crippen molar-refractivity contribution in [1.82, 2.24) is 24.1 Å². The number of hydrogen-bond donors (Lipinski definition) is 1. The summed E-state index contributed by atoms with van der Waals surface area (Å²) in [4.78, 5) is 21.4. The smallest absolute Gasteiger partial charge is 0.243 e. The number of fused-ring (bicyclic) bond motifs is 1. The topological polar surface area (TPSA) is 110 Å². The van der Waals surface area contributed by atoms with Crippen molar-refractivity contribution < 1.29 is 13.2 Å². The summed E-state index contributed by atoms with van der Waals surface area (Å²) >= 11 is 1.28. The van der Waals surface area contributed by atoms with Crippen molar-refractivity contribution in [3.63, 3.8) is 0 Å². The summed E-state index contributed by atoms with van der Waals surface area (Å²) in [6.07, 6.45) is 3.15. The summed E-state index contributed by atoms with van der Waals surface area (Å²) in [6.45, 7) is 4.39. The minimum atomic E-state index is -3.54. The first-order valence-electron chi connectivity index (χ1n) is 10.7. The Morgan fingerprint density at radius 3 is 2.41 bits per heavy atom. The number of sulfonamides is 1. The lowest BCUT2D eigenvalue weighted by Crippen LogP contribution is -2.30. The summed E-state index contributed by atoms with van der Waals surface area (Å²) < 4.78 is 28.3. The van der Waals surface area contributed by atoms with Crippen LogP contribution in [0.2, 0.25) is 0 Å². The molecule has 9 nitrogen and oxygen atoms in total. The van der Waals surface area contributed by atoms with Crippen LogP contribution in [0.3, 0.4) is 0 Å². The zero-order valence-corrected chi connectivity index (χ0v) is 20.4. The highest BCUT2D eigenvalue weighted by Crippen LogP contribution is 2.26. The number of amides is 1. The molecule has 0 saturated heterocycles. The van der Waals surface area contributed by atoms with Gasteiger partial charge in [-0.05, 0) is 36.4 Å². The van der Waals surface area contributed by atoms with Gasteiger partial charge in [0.05, 0.1) is 27.9 Å². The van der Waals surface area contributed by atoms with E-state index in [-0.39, 0.29) is 16.6 Å². The molecule has 11 heteroatoms. The van der Waals surface area contributed by atoms with Crippen LogP contribution >= 0.6 is 11.8 Å². The van der Waals surface area contributed by atoms with Gasteiger partial charge in [0, 0.05) is 18.8 Å². The van der Waals surface area contributed by atoms with E-state index in [1.54, 1.807) is 36.9 Å². The van der Waals surface area contributed by atoms with Gasteiger partial charge in [0.15, 0.2) is 5.65 Å². The van der Waals surface area contributed by atoms with Crippen molar-refractivity contribution >= 4 is 44.4 Å². The number of benzene rings is 2. The summed E-state index contributed by atoms with van der Waals surface area (Å²) in [5.74, 6) is -0.103. The fraction of sp³-hybridized carbons (Fsp3) is 0.217. The van der Waals surface area contributed by atoms with Crippen LogP contribution in [-0.2, 0) is 14.8 Å². The van der Waals surface area contributed by atoms with Crippen LogP contribution in [-0.4, -0.2) is 57.2 Å². The second kappa shape index (κ2) is 10.3. The van der Waals surface area contributed by atoms with E-state index in [2.05, 4.69) is 20.4 Å². The number of rotatable bonds is 9. The molecular weight excluding hydrogens is 472 g/mol. The maximum Gasteiger partial charge on any atom is 0.243 e. The summed E-state index contributed by atoms with van der Waals surface area (Å²) in [7, 11) is -3.54. The molecule has 0 aliphatic rings. The Hall–Kier alpha value is -3.28. The van der Waals surface area contributed by atoms with Crippen molar-refractivity contribution in [3.8, 4) is 5.69 Å². The molecule has 0 atom stereocenters. The lowest BCUT2D eigenvalue weighted by molar-refractivity contribution is -0.113. The molecule has 0 bridgehead atoms. The van der Waals surface area contributed by atoms with E-state index in [1.807, 2.05) is 30.3 Å². The zero-order chi connectivity index (χ0) is 24.1. The Morgan fingerprint density at radius 2 is 1.74 bits per heavy atom. The fourth-order valence-corrected chi connectivity index (χ4v) is 5.67. The van der Waals surface area contributed by atoms with Crippen LogP contribution < -0.4 is 5.32 Å². The Balaban J connectivity index is 1.42. The number of nitrogens with zero attached hydrogens (tertiary/aromatic N) is 5. The number of thioether (sulfide) groups is 1. The van der Waals surface area contributed by atoms with Crippen molar-refractivity contribution in [2.45, 2.75) is 23.8 Å². The number of hydrogen-bond acceptors (Lipinski definition) is 7. The van der Waals surface area contributed by atoms with E-state index in [0.717, 1.165) is 11.1 Å². The van der Waals surface area contributed by atoms with Gasteiger partial charge in [0.2, 0.25) is 15.9 Å². The highest BCUT2D eigenvalue weighted by Gasteiger charge is 2.21. The molecular formula is C23H24N6O3S2. The third kappa shape index (κ3) is 4.96. The molecule has 1 N–H and O–H groups in total. The molecule has 2 heterocycles. The SMILES string of the molecule is CCN(CC)S(=O)(=O)c1ccc(NC(=O)CSc2ncnc3c2cnn3-c2ccccc2)cc1. The third-order valence-corrected chi connectivity index (χ3v) is 8.22. The van der Waals surface area contributed by atoms with Crippen LogP contribution in [0.1, 0.15) is 13.8 Å². The standard InChI is InChI=1S/C23H24N6O3S2/c1-3-28(4-2)34(31,32)19-12-10-17(11-13-19)27-21(30)15-33-23-20-14-26-29(22(20)24-16-25-23)18-8-6-5-7-9-18/h5-14,16H,3-4,15H2,1-2H3,(H,27,30). The molecule has 176 valence electrons. The molecule has 0 radical (unpaired) electrons. The third-order valence-electron chi connectivity index (χ3n) is 5.15. The first kappa shape index (κ1) is 23.9. The minimum Gasteiger partial charge on any atom is -0.325 e. The number of nitrogens with one attached hydrogen (secondary N) is 1. The van der Waals surface area contributed by atoms with Crippen molar-refractivity contribution in [3.05, 3.63) is 67.1 Å². The van der Waals surface area contributed by atoms with E-state index in [0.29, 0.717) is 29.5 Å². The van der Waals surface area contributed by atoms with Crippen LogP contribution in [0, 0.1) is 0 Å². The van der Waals surface area contributed by atoms with Crippen molar-refractivity contribution in [2.24, 2.45) is 0 Å². The second-order valence-electron chi connectivity index (χ2n) is 7.26. The van der Waals surface area contributed by atoms with Gasteiger partial charge in [-0.15, -0.1) is 0 Å². The predicted molar refractivity (Wildman–Crippen MR) is 133 cm³/mol. The van der Waals surface area contributed by atoms with Crippen LogP contribution in [0.4, 0.5) is 5.69 Å². The Bertz CT molecular complexity index is 1390. The molecule has 2 aromatic carbocycles. The molecule has 0 spiro atoms. The average molecular weight is 497 g/mol. The second-order valence-corrected chi connectivity index (χ2v) is 10.2. The first-order valence-corrected chi connectivity index (χ1v) is 13.1. The van der Waals surface area contributed by atoms with Crippen molar-refractivity contribution in [2.75, 3.05) is 24.2 Å². The van der Waals surface area contributed by atoms with E-state index in [9.17, 15) is 13.2 Å². The predicted octanol–water partition coefficient (Wildman–Crippen LogP) is 3.58. The fourth-order valence-electron chi connectivity index (χ4n) is 3.45. The van der Waals surface area contributed by atoms with Gasteiger partial charge in [-0.1, -0.05) is 43.8 Å². The van der Waals surface area contributed by atoms with Gasteiger partial charge in [-0.25, -0.2) is 23.1 Å². The van der Waals surface area contributed by atoms with Crippen LogP contribution in [0.25, 0.3) is 16.7 Å². The number of aromatic nitrogens is 4. The molecule has 0 aliphatic carbocycles. The zero-order valence-electron chi connectivity index (χ0n) is 18.7. The monoisotopic (exact) mass is 496 g/mol. The molecule has 1 amide bonds. The molecule has 0 unspecified atom stereocenters. The van der Waals surface area contributed by atoms with Gasteiger partial charge in [0.25, 0.3) is 0 Å². The summed E-state index contributed by atoms with van der Waals surface area (Å²) in [5, 5.41) is 8.63. The molecule has 4 aromatic rings. The summed E-state index contributed by atoms with van der Waals surface area (Å²) in [6, 6.07) is 15.8. The average Bonchev–Trinajstić information content (AvgIpc) is 3.29. The maximum atomic E-state index is 12.6. The van der Waals surface area contributed by atoms with E-state index < -0.39 is 10.0 Å². The lowest BCUT2D eigenvalue weighted by Gasteiger charge is -2.18. The Kier molecular flexibility index (Phi) is 7.25. The molecule has 0 aliphatic heterocycles. The van der Waals surface area contributed by atoms with E-state index >= 15 is 0 Å². The quantitative estimate of drug-likeness (QED) is 0.279. The normalized spacial score (nSPS) is 11.7. The van der Waals surface area contributed by atoms with Gasteiger partial charge < -0.3 is 5.32 Å². The minimum absolute atomic E-state index is 0.127. The molecule has 0 fully saturated rings. The molecule has 0 saturated carbocycles. The van der Waals surface area contributed by atoms with Crippen LogP contribution in [0.5, 0.6) is 0 Å². The number of carbonyl (C=O) groups is 1. The van der Waals surface area contributed by atoms with Gasteiger partial charge in [-0.3, -0.25) is 4.79 Å². The van der Waals surface area contributed by atoms with Gasteiger partial charge in [-0.2, -0.15) is 9.40 Å². The summed E-state index contributed by atoms with van der Waals surface area (Å²) in [5.41, 5.74) is 2.07. The maximum absolute atomic E-state index is 12.6. The molecule has 2 aromatic heterocycles. The number of anilines is 1. The number of carbonyl (C=O) groups excluding carboxylic acids is 1. The first-order chi connectivity index (χ1) is 16.4. The highest BCUT2D eigenvalue weighted by atomic mass is 32.2.